The average Bonchev–Trinajstić information content (AvgIpc) is 2.79. The van der Waals surface area contributed by atoms with E-state index in [0.717, 1.165) is 23.1 Å². The fraction of sp³-hybridized carbons (Fsp3) is 0.353. The number of rotatable bonds is 6. The van der Waals surface area contributed by atoms with E-state index < -0.39 is 12.0 Å². The summed E-state index contributed by atoms with van der Waals surface area (Å²) in [7, 11) is 1.58. The van der Waals surface area contributed by atoms with Crippen LogP contribution in [-0.4, -0.2) is 39.4 Å². The quantitative estimate of drug-likeness (QED) is 0.616. The lowest BCUT2D eigenvalue weighted by Crippen LogP contribution is -2.44. The van der Waals surface area contributed by atoms with Crippen molar-refractivity contribution < 1.29 is 19.4 Å². The van der Waals surface area contributed by atoms with Crippen molar-refractivity contribution in [2.75, 3.05) is 7.11 Å². The molecule has 128 valence electrons. The molecule has 7 heteroatoms. The lowest BCUT2D eigenvalue weighted by Gasteiger charge is -2.24. The number of methoxy groups -OCH3 is 1. The molecular weight excluding hydrogens is 346 g/mol. The molecule has 1 amide bonds. The van der Waals surface area contributed by atoms with Crippen LogP contribution >= 0.6 is 24.0 Å². The summed E-state index contributed by atoms with van der Waals surface area (Å²) in [6, 6.07) is 6.32. The number of hydrogen-bond donors (Lipinski definition) is 1. The Hall–Kier alpha value is -1.86. The van der Waals surface area contributed by atoms with Crippen molar-refractivity contribution in [2.45, 2.75) is 26.3 Å². The van der Waals surface area contributed by atoms with Gasteiger partial charge in [0.1, 0.15) is 16.1 Å². The summed E-state index contributed by atoms with van der Waals surface area (Å²) >= 11 is 6.38. The molecule has 1 N–H and O–H groups in total. The van der Waals surface area contributed by atoms with E-state index in [1.165, 1.54) is 4.90 Å². The number of amides is 1. The molecule has 1 aromatic rings. The molecule has 2 rings (SSSR count). The zero-order valence-electron chi connectivity index (χ0n) is 13.7. The lowest BCUT2D eigenvalue weighted by atomic mass is 10.0. The summed E-state index contributed by atoms with van der Waals surface area (Å²) in [4.78, 5) is 25.8. The van der Waals surface area contributed by atoms with Gasteiger partial charge in [0.05, 0.1) is 12.0 Å². The van der Waals surface area contributed by atoms with E-state index in [0.29, 0.717) is 11.3 Å². The largest absolute Gasteiger partial charge is 0.497 e. The predicted octanol–water partition coefficient (Wildman–Crippen LogP) is 3.40. The summed E-state index contributed by atoms with van der Waals surface area (Å²) < 4.78 is 5.39. The van der Waals surface area contributed by atoms with Crippen molar-refractivity contribution in [3.05, 3.63) is 34.7 Å². The summed E-state index contributed by atoms with van der Waals surface area (Å²) in [5, 5.41) is 9.46. The molecular formula is C17H19NO4S2. The fourth-order valence-corrected chi connectivity index (χ4v) is 3.72. The van der Waals surface area contributed by atoms with Crippen LogP contribution in [0.1, 0.15) is 25.8 Å². The highest BCUT2D eigenvalue weighted by molar-refractivity contribution is 8.26. The van der Waals surface area contributed by atoms with Gasteiger partial charge in [-0.3, -0.25) is 9.69 Å². The third-order valence-electron chi connectivity index (χ3n) is 3.53. The standard InChI is InChI=1S/C17H19NO4S2/c1-10(2)8-13(16(20)21)18-15(19)14(24-17(18)23)9-11-4-6-12(22-3)7-5-11/h4-7,9-10,13H,8H2,1-3H3,(H,20,21). The first-order chi connectivity index (χ1) is 11.3. The highest BCUT2D eigenvalue weighted by atomic mass is 32.2. The molecule has 0 radical (unpaired) electrons. The van der Waals surface area contributed by atoms with Crippen molar-refractivity contribution in [3.8, 4) is 5.75 Å². The van der Waals surface area contributed by atoms with Crippen LogP contribution < -0.4 is 4.74 Å². The number of ether oxygens (including phenoxy) is 1. The van der Waals surface area contributed by atoms with Gasteiger partial charge in [0.15, 0.2) is 0 Å². The van der Waals surface area contributed by atoms with Crippen molar-refractivity contribution in [2.24, 2.45) is 5.92 Å². The predicted molar refractivity (Wildman–Crippen MR) is 98.9 cm³/mol. The second kappa shape index (κ2) is 7.81. The number of aliphatic carboxylic acids is 1. The molecule has 1 aliphatic rings. The molecule has 0 bridgehead atoms. The Labute approximate surface area is 150 Å². The van der Waals surface area contributed by atoms with E-state index in [1.807, 2.05) is 26.0 Å². The molecule has 5 nitrogen and oxygen atoms in total. The van der Waals surface area contributed by atoms with Crippen LogP contribution in [-0.2, 0) is 9.59 Å². The van der Waals surface area contributed by atoms with Crippen LogP contribution in [0.4, 0.5) is 0 Å². The number of thioether (sulfide) groups is 1. The van der Waals surface area contributed by atoms with E-state index in [2.05, 4.69) is 0 Å². The third kappa shape index (κ3) is 4.15. The Kier molecular flexibility index (Phi) is 6.01. The molecule has 0 aliphatic carbocycles. The van der Waals surface area contributed by atoms with Crippen molar-refractivity contribution >= 4 is 46.3 Å². The fourth-order valence-electron chi connectivity index (χ4n) is 2.36. The van der Waals surface area contributed by atoms with Gasteiger partial charge in [-0.25, -0.2) is 4.79 Å². The van der Waals surface area contributed by atoms with E-state index in [-0.39, 0.29) is 16.1 Å². The van der Waals surface area contributed by atoms with E-state index >= 15 is 0 Å². The number of hydrogen-bond acceptors (Lipinski definition) is 5. The van der Waals surface area contributed by atoms with Gasteiger partial charge in [0.25, 0.3) is 5.91 Å². The summed E-state index contributed by atoms with van der Waals surface area (Å²) in [6.45, 7) is 3.83. The molecule has 1 aromatic carbocycles. The normalized spacial score (nSPS) is 17.7. The van der Waals surface area contributed by atoms with Crippen LogP contribution in [0.3, 0.4) is 0 Å². The highest BCUT2D eigenvalue weighted by Crippen LogP contribution is 2.35. The summed E-state index contributed by atoms with van der Waals surface area (Å²) in [5.74, 6) is -0.525. The highest BCUT2D eigenvalue weighted by Gasteiger charge is 2.40. The molecule has 0 saturated carbocycles. The Morgan fingerprint density at radius 2 is 2.00 bits per heavy atom. The lowest BCUT2D eigenvalue weighted by molar-refractivity contribution is -0.145. The Morgan fingerprint density at radius 1 is 1.38 bits per heavy atom. The Bertz CT molecular complexity index is 682. The second-order valence-electron chi connectivity index (χ2n) is 5.81. The molecule has 24 heavy (non-hydrogen) atoms. The van der Waals surface area contributed by atoms with Gasteiger partial charge >= 0.3 is 5.97 Å². The minimum atomic E-state index is -1.04. The first kappa shape index (κ1) is 18.5. The molecule has 1 saturated heterocycles. The van der Waals surface area contributed by atoms with E-state index in [4.69, 9.17) is 17.0 Å². The van der Waals surface area contributed by atoms with Gasteiger partial charge in [-0.05, 0) is 36.1 Å². The van der Waals surface area contributed by atoms with Crippen molar-refractivity contribution in [1.29, 1.82) is 0 Å². The molecule has 0 spiro atoms. The van der Waals surface area contributed by atoms with Crippen molar-refractivity contribution in [3.63, 3.8) is 0 Å². The van der Waals surface area contributed by atoms with Gasteiger partial charge in [-0.15, -0.1) is 0 Å². The molecule has 1 unspecified atom stereocenters. The SMILES string of the molecule is COc1ccc(C=C2SC(=S)N(C(CC(C)C)C(=O)O)C2=O)cc1. The molecule has 1 fully saturated rings. The first-order valence-electron chi connectivity index (χ1n) is 7.47. The number of carboxylic acids is 1. The maximum atomic E-state index is 12.6. The number of nitrogens with zero attached hydrogens (tertiary/aromatic N) is 1. The number of carbonyl (C=O) groups excluding carboxylic acids is 1. The Balaban J connectivity index is 2.26. The van der Waals surface area contributed by atoms with Gasteiger partial charge in [-0.1, -0.05) is 50.0 Å². The maximum Gasteiger partial charge on any atom is 0.326 e. The summed E-state index contributed by atoms with van der Waals surface area (Å²) in [6.07, 6.45) is 2.07. The van der Waals surface area contributed by atoms with Gasteiger partial charge in [0, 0.05) is 0 Å². The molecule has 1 heterocycles. The van der Waals surface area contributed by atoms with Gasteiger partial charge in [0.2, 0.25) is 0 Å². The zero-order valence-corrected chi connectivity index (χ0v) is 15.3. The van der Waals surface area contributed by atoms with Crippen LogP contribution in [0, 0.1) is 5.92 Å². The minimum Gasteiger partial charge on any atom is -0.497 e. The van der Waals surface area contributed by atoms with Gasteiger partial charge < -0.3 is 9.84 Å². The summed E-state index contributed by atoms with van der Waals surface area (Å²) in [5.41, 5.74) is 0.826. The average molecular weight is 365 g/mol. The zero-order chi connectivity index (χ0) is 17.9. The molecule has 1 aliphatic heterocycles. The molecule has 0 aromatic heterocycles. The number of carbonyl (C=O) groups is 2. The number of benzene rings is 1. The van der Waals surface area contributed by atoms with E-state index in [1.54, 1.807) is 25.3 Å². The van der Waals surface area contributed by atoms with Gasteiger partial charge in [-0.2, -0.15) is 0 Å². The van der Waals surface area contributed by atoms with Crippen LogP contribution in [0.5, 0.6) is 5.75 Å². The van der Waals surface area contributed by atoms with Crippen LogP contribution in [0.2, 0.25) is 0 Å². The van der Waals surface area contributed by atoms with E-state index in [9.17, 15) is 14.7 Å². The number of thiocarbonyl (C=S) groups is 1. The minimum absolute atomic E-state index is 0.140. The third-order valence-corrected chi connectivity index (χ3v) is 4.86. The van der Waals surface area contributed by atoms with Crippen LogP contribution in [0.15, 0.2) is 29.2 Å². The molecule has 1 atom stereocenters. The maximum absolute atomic E-state index is 12.6. The smallest absolute Gasteiger partial charge is 0.326 e. The van der Waals surface area contributed by atoms with Crippen molar-refractivity contribution in [1.82, 2.24) is 4.90 Å². The first-order valence-corrected chi connectivity index (χ1v) is 8.70. The Morgan fingerprint density at radius 3 is 2.50 bits per heavy atom. The second-order valence-corrected chi connectivity index (χ2v) is 7.48. The number of carboxylic acid groups (broad SMARTS) is 1. The van der Waals surface area contributed by atoms with Crippen LogP contribution in [0.25, 0.3) is 6.08 Å². The topological polar surface area (TPSA) is 66.8 Å². The monoisotopic (exact) mass is 365 g/mol.